The van der Waals surface area contributed by atoms with Gasteiger partial charge in [-0.1, -0.05) is 5.57 Å². The normalized spacial score (nSPS) is 19.8. The van der Waals surface area contributed by atoms with Gasteiger partial charge in [0.2, 0.25) is 0 Å². The van der Waals surface area contributed by atoms with Gasteiger partial charge in [0, 0.05) is 36.3 Å². The van der Waals surface area contributed by atoms with Crippen LogP contribution in [0.15, 0.2) is 24.0 Å². The topological polar surface area (TPSA) is 82.1 Å². The number of aromatic nitrogens is 3. The lowest BCUT2D eigenvalue weighted by Crippen LogP contribution is -2.61. The molecule has 6 heteroatoms. The molecule has 3 heterocycles. The number of fused-ring (bicyclic) bond motifs is 1. The van der Waals surface area contributed by atoms with Crippen molar-refractivity contribution in [2.75, 3.05) is 13.1 Å². The molecule has 1 aliphatic carbocycles. The molecule has 102 valence electrons. The molecule has 20 heavy (non-hydrogen) atoms. The first kappa shape index (κ1) is 11.5. The van der Waals surface area contributed by atoms with E-state index in [0.717, 1.165) is 29.7 Å². The van der Waals surface area contributed by atoms with Crippen molar-refractivity contribution >= 4 is 23.2 Å². The summed E-state index contributed by atoms with van der Waals surface area (Å²) in [6.45, 7) is 1.33. The Morgan fingerprint density at radius 3 is 3.00 bits per heavy atom. The summed E-state index contributed by atoms with van der Waals surface area (Å²) >= 11 is 0. The highest BCUT2D eigenvalue weighted by molar-refractivity contribution is 5.75. The third kappa shape index (κ3) is 1.68. The Labute approximate surface area is 115 Å². The van der Waals surface area contributed by atoms with Crippen LogP contribution in [0, 0.1) is 5.41 Å². The van der Waals surface area contributed by atoms with Gasteiger partial charge in [-0.05, 0) is 25.0 Å². The highest BCUT2D eigenvalue weighted by atomic mass is 16.4. The third-order valence-corrected chi connectivity index (χ3v) is 4.18. The fourth-order valence-corrected chi connectivity index (χ4v) is 3.24. The zero-order valence-electron chi connectivity index (χ0n) is 10.8. The summed E-state index contributed by atoms with van der Waals surface area (Å²) in [4.78, 5) is 24.1. The van der Waals surface area contributed by atoms with Crippen LogP contribution in [0.5, 0.6) is 0 Å². The van der Waals surface area contributed by atoms with E-state index in [0.29, 0.717) is 13.1 Å². The van der Waals surface area contributed by atoms with Crippen LogP contribution in [0.3, 0.4) is 0 Å². The summed E-state index contributed by atoms with van der Waals surface area (Å²) in [7, 11) is 0. The van der Waals surface area contributed by atoms with E-state index < -0.39 is 6.09 Å². The van der Waals surface area contributed by atoms with Crippen LogP contribution >= 0.6 is 0 Å². The van der Waals surface area contributed by atoms with E-state index in [1.54, 1.807) is 0 Å². The number of amides is 1. The van der Waals surface area contributed by atoms with E-state index in [4.69, 9.17) is 5.11 Å². The second-order valence-electron chi connectivity index (χ2n) is 5.80. The van der Waals surface area contributed by atoms with E-state index in [-0.39, 0.29) is 5.41 Å². The highest BCUT2D eigenvalue weighted by Crippen LogP contribution is 2.51. The molecule has 2 aromatic rings. The smallest absolute Gasteiger partial charge is 0.407 e. The van der Waals surface area contributed by atoms with Crippen LogP contribution in [0.1, 0.15) is 18.7 Å². The summed E-state index contributed by atoms with van der Waals surface area (Å²) in [5, 5.41) is 9.86. The second-order valence-corrected chi connectivity index (χ2v) is 5.80. The number of H-pyrrole nitrogens is 1. The molecule has 0 atom stereocenters. The Morgan fingerprint density at radius 1 is 1.45 bits per heavy atom. The van der Waals surface area contributed by atoms with E-state index in [1.807, 2.05) is 24.5 Å². The van der Waals surface area contributed by atoms with Gasteiger partial charge in [0.1, 0.15) is 5.65 Å². The quantitative estimate of drug-likeness (QED) is 0.831. The van der Waals surface area contributed by atoms with Crippen molar-refractivity contribution in [3.8, 4) is 0 Å². The minimum absolute atomic E-state index is 0.195. The van der Waals surface area contributed by atoms with Gasteiger partial charge in [-0.3, -0.25) is 0 Å². The zero-order valence-corrected chi connectivity index (χ0v) is 10.8. The van der Waals surface area contributed by atoms with Gasteiger partial charge in [-0.25, -0.2) is 14.8 Å². The number of carboxylic acid groups (broad SMARTS) is 1. The fourth-order valence-electron chi connectivity index (χ4n) is 3.24. The van der Waals surface area contributed by atoms with Crippen LogP contribution in [-0.2, 0) is 0 Å². The monoisotopic (exact) mass is 270 g/mol. The molecule has 6 nitrogen and oxygen atoms in total. The number of likely N-dealkylation sites (tertiary alicyclic amines) is 1. The summed E-state index contributed by atoms with van der Waals surface area (Å²) in [5.74, 6) is 0.721. The van der Waals surface area contributed by atoms with Gasteiger partial charge in [0.15, 0.2) is 5.82 Å². The fraction of sp³-hybridized carbons (Fsp3) is 0.357. The molecular formula is C14H14N4O2. The van der Waals surface area contributed by atoms with Gasteiger partial charge in [-0.15, -0.1) is 0 Å². The van der Waals surface area contributed by atoms with E-state index in [2.05, 4.69) is 15.0 Å². The van der Waals surface area contributed by atoms with Crippen molar-refractivity contribution in [2.45, 2.75) is 12.8 Å². The zero-order chi connectivity index (χ0) is 13.7. The molecular weight excluding hydrogens is 256 g/mol. The minimum atomic E-state index is -0.811. The van der Waals surface area contributed by atoms with Crippen LogP contribution in [-0.4, -0.2) is 44.1 Å². The maximum atomic E-state index is 10.8. The molecule has 1 aliphatic heterocycles. The predicted octanol–water partition coefficient (Wildman–Crippen LogP) is 2.12. The third-order valence-electron chi connectivity index (χ3n) is 4.18. The van der Waals surface area contributed by atoms with Crippen LogP contribution in [0.2, 0.25) is 0 Å². The van der Waals surface area contributed by atoms with Crippen molar-refractivity contribution in [3.05, 3.63) is 29.9 Å². The Bertz CT molecular complexity index is 718. The highest BCUT2D eigenvalue weighted by Gasteiger charge is 2.51. The Morgan fingerprint density at radius 2 is 2.25 bits per heavy atom. The maximum absolute atomic E-state index is 10.8. The van der Waals surface area contributed by atoms with Crippen molar-refractivity contribution in [1.29, 1.82) is 0 Å². The number of nitrogens with zero attached hydrogens (tertiary/aromatic N) is 3. The molecule has 1 saturated carbocycles. The van der Waals surface area contributed by atoms with Gasteiger partial charge < -0.3 is 15.0 Å². The number of aromatic amines is 1. The number of hydrogen-bond donors (Lipinski definition) is 2. The molecule has 2 N–H and O–H groups in total. The average molecular weight is 270 g/mol. The lowest BCUT2D eigenvalue weighted by atomic mass is 9.61. The first-order valence-electron chi connectivity index (χ1n) is 6.61. The number of nitrogens with one attached hydrogen (secondary N) is 1. The second kappa shape index (κ2) is 3.82. The molecule has 2 aliphatic rings. The number of hydrogen-bond acceptors (Lipinski definition) is 3. The van der Waals surface area contributed by atoms with Gasteiger partial charge in [0.05, 0.1) is 0 Å². The van der Waals surface area contributed by atoms with Crippen molar-refractivity contribution < 1.29 is 9.90 Å². The standard InChI is InChI=1S/C14H14N4O2/c19-13(20)18-7-14(8-18)4-9(5-14)3-11-16-6-10-1-2-15-12(10)17-11/h1-3,6H,4-5,7-8H2,(H,19,20)(H,15,16,17). The average Bonchev–Trinajstić information content (AvgIpc) is 2.77. The minimum Gasteiger partial charge on any atom is -0.465 e. The van der Waals surface area contributed by atoms with Crippen molar-refractivity contribution in [2.24, 2.45) is 5.41 Å². The van der Waals surface area contributed by atoms with E-state index in [1.165, 1.54) is 10.5 Å². The molecule has 0 radical (unpaired) electrons. The number of allylic oxidation sites excluding steroid dienone is 1. The summed E-state index contributed by atoms with van der Waals surface area (Å²) in [6.07, 6.45) is 6.80. The number of carbonyl (C=O) groups is 1. The van der Waals surface area contributed by atoms with E-state index in [9.17, 15) is 4.79 Å². The van der Waals surface area contributed by atoms with Gasteiger partial charge in [-0.2, -0.15) is 0 Å². The maximum Gasteiger partial charge on any atom is 0.407 e. The van der Waals surface area contributed by atoms with E-state index >= 15 is 0 Å². The first-order valence-corrected chi connectivity index (χ1v) is 6.61. The summed E-state index contributed by atoms with van der Waals surface area (Å²) < 4.78 is 0. The predicted molar refractivity (Wildman–Crippen MR) is 73.1 cm³/mol. The van der Waals surface area contributed by atoms with Crippen LogP contribution in [0.4, 0.5) is 4.79 Å². The largest absolute Gasteiger partial charge is 0.465 e. The molecule has 1 spiro atoms. The Kier molecular flexibility index (Phi) is 2.19. The molecule has 4 rings (SSSR count). The molecule has 2 fully saturated rings. The SMILES string of the molecule is O=C(O)N1CC2(CC(=Cc3ncc4cc[nH]c4n3)C2)C1. The molecule has 2 aromatic heterocycles. The molecule has 1 amide bonds. The lowest BCUT2D eigenvalue weighted by Gasteiger charge is -2.55. The van der Waals surface area contributed by atoms with Crippen molar-refractivity contribution in [3.63, 3.8) is 0 Å². The first-order chi connectivity index (χ1) is 9.63. The molecule has 1 saturated heterocycles. The molecule has 0 unspecified atom stereocenters. The summed E-state index contributed by atoms with van der Waals surface area (Å²) in [6, 6.07) is 1.94. The Hall–Kier alpha value is -2.37. The van der Waals surface area contributed by atoms with Crippen molar-refractivity contribution in [1.82, 2.24) is 19.9 Å². The van der Waals surface area contributed by atoms with Gasteiger partial charge in [0.25, 0.3) is 0 Å². The number of rotatable bonds is 1. The Balaban J connectivity index is 1.46. The van der Waals surface area contributed by atoms with Crippen LogP contribution < -0.4 is 0 Å². The molecule has 0 bridgehead atoms. The lowest BCUT2D eigenvalue weighted by molar-refractivity contribution is -0.0162. The van der Waals surface area contributed by atoms with Crippen LogP contribution in [0.25, 0.3) is 17.1 Å². The summed E-state index contributed by atoms with van der Waals surface area (Å²) in [5.41, 5.74) is 2.35. The molecule has 0 aromatic carbocycles. The van der Waals surface area contributed by atoms with Gasteiger partial charge >= 0.3 is 6.09 Å².